The van der Waals surface area contributed by atoms with Crippen molar-refractivity contribution in [1.82, 2.24) is 10.0 Å². The largest absolute Gasteiger partial charge is 0.442 e. The zero-order valence-corrected chi connectivity index (χ0v) is 12.7. The number of aromatic nitrogens is 1. The van der Waals surface area contributed by atoms with E-state index < -0.39 is 11.7 Å². The van der Waals surface area contributed by atoms with E-state index in [9.17, 15) is 4.79 Å². The Kier molecular flexibility index (Phi) is 5.40. The van der Waals surface area contributed by atoms with Gasteiger partial charge in [0, 0.05) is 6.20 Å². The van der Waals surface area contributed by atoms with Crippen LogP contribution in [0.3, 0.4) is 0 Å². The summed E-state index contributed by atoms with van der Waals surface area (Å²) < 4.78 is 5.20. The van der Waals surface area contributed by atoms with Crippen molar-refractivity contribution in [3.63, 3.8) is 0 Å². The molecule has 0 spiro atoms. The minimum Gasteiger partial charge on any atom is -0.442 e. The molecule has 0 bridgehead atoms. The fraction of sp³-hybridized carbons (Fsp3) is 0.500. The highest BCUT2D eigenvalue weighted by Gasteiger charge is 2.22. The van der Waals surface area contributed by atoms with Gasteiger partial charge in [-0.25, -0.2) is 9.78 Å². The number of halogens is 2. The van der Waals surface area contributed by atoms with E-state index in [4.69, 9.17) is 32.8 Å². The molecule has 0 aliphatic rings. The number of hydrogen-bond acceptors (Lipinski definition) is 4. The fourth-order valence-corrected chi connectivity index (χ4v) is 1.52. The molecule has 1 aromatic heterocycles. The number of amides is 1. The number of rotatable bonds is 3. The Bertz CT molecular complexity index is 461. The van der Waals surface area contributed by atoms with E-state index in [1.807, 2.05) is 0 Å². The van der Waals surface area contributed by atoms with E-state index >= 15 is 0 Å². The number of carbonyl (C=O) groups excluding carboxylic acids is 1. The number of hydroxylamine groups is 2. The normalized spacial score (nSPS) is 11.3. The van der Waals surface area contributed by atoms with Gasteiger partial charge in [-0.2, -0.15) is 5.06 Å². The van der Waals surface area contributed by atoms with Crippen LogP contribution in [0, 0.1) is 0 Å². The lowest BCUT2D eigenvalue weighted by Crippen LogP contribution is -2.35. The molecule has 0 aromatic carbocycles. The summed E-state index contributed by atoms with van der Waals surface area (Å²) in [6.45, 7) is 5.49. The van der Waals surface area contributed by atoms with Gasteiger partial charge in [0.25, 0.3) is 0 Å². The van der Waals surface area contributed by atoms with Crippen LogP contribution in [0.15, 0.2) is 12.3 Å². The molecule has 0 saturated carbocycles. The van der Waals surface area contributed by atoms with Gasteiger partial charge in [0.2, 0.25) is 0 Å². The van der Waals surface area contributed by atoms with E-state index in [2.05, 4.69) is 4.98 Å². The lowest BCUT2D eigenvalue weighted by molar-refractivity contribution is -0.129. The second-order valence-corrected chi connectivity index (χ2v) is 5.58. The Morgan fingerprint density at radius 2 is 2.05 bits per heavy atom. The first-order chi connectivity index (χ1) is 8.73. The molecule has 0 N–H and O–H groups in total. The van der Waals surface area contributed by atoms with Crippen LogP contribution in [-0.4, -0.2) is 28.9 Å². The first-order valence-electron chi connectivity index (χ1n) is 5.57. The molecule has 5 nitrogen and oxygen atoms in total. The molecule has 0 aliphatic heterocycles. The lowest BCUT2D eigenvalue weighted by Gasteiger charge is -2.25. The third-order valence-corrected chi connectivity index (χ3v) is 2.68. The van der Waals surface area contributed by atoms with Gasteiger partial charge in [0.05, 0.1) is 18.7 Å². The zero-order chi connectivity index (χ0) is 14.6. The smallest absolute Gasteiger partial charge is 0.434 e. The van der Waals surface area contributed by atoms with E-state index in [0.29, 0.717) is 10.6 Å². The summed E-state index contributed by atoms with van der Waals surface area (Å²) in [5.41, 5.74) is 0.0890. The van der Waals surface area contributed by atoms with Crippen LogP contribution in [0.4, 0.5) is 4.79 Å². The summed E-state index contributed by atoms with van der Waals surface area (Å²) >= 11 is 11.6. The van der Waals surface area contributed by atoms with E-state index in [0.717, 1.165) is 5.06 Å². The molecule has 0 atom stereocenters. The van der Waals surface area contributed by atoms with Crippen molar-refractivity contribution in [1.29, 1.82) is 0 Å². The topological polar surface area (TPSA) is 51.7 Å². The van der Waals surface area contributed by atoms with Gasteiger partial charge in [0.15, 0.2) is 0 Å². The first-order valence-corrected chi connectivity index (χ1v) is 6.33. The van der Waals surface area contributed by atoms with Crippen molar-refractivity contribution in [3.8, 4) is 0 Å². The summed E-state index contributed by atoms with van der Waals surface area (Å²) in [5.74, 6) is 0. The molecule has 0 radical (unpaired) electrons. The van der Waals surface area contributed by atoms with Crippen LogP contribution >= 0.6 is 23.2 Å². The molecule has 1 amide bonds. The van der Waals surface area contributed by atoms with Crippen molar-refractivity contribution in [2.75, 3.05) is 7.11 Å². The van der Waals surface area contributed by atoms with Crippen LogP contribution in [0.25, 0.3) is 0 Å². The van der Waals surface area contributed by atoms with E-state index in [1.54, 1.807) is 26.8 Å². The fourth-order valence-electron chi connectivity index (χ4n) is 1.23. The quantitative estimate of drug-likeness (QED) is 0.631. The van der Waals surface area contributed by atoms with Crippen LogP contribution in [0.1, 0.15) is 26.3 Å². The maximum atomic E-state index is 11.8. The monoisotopic (exact) mass is 306 g/mol. The van der Waals surface area contributed by atoms with Gasteiger partial charge >= 0.3 is 6.09 Å². The Hall–Kier alpha value is -1.04. The molecule has 1 heterocycles. The average molecular weight is 307 g/mol. The highest BCUT2D eigenvalue weighted by atomic mass is 35.5. The van der Waals surface area contributed by atoms with Crippen LogP contribution in [-0.2, 0) is 16.1 Å². The van der Waals surface area contributed by atoms with Crippen LogP contribution in [0.2, 0.25) is 10.2 Å². The van der Waals surface area contributed by atoms with Crippen molar-refractivity contribution in [2.24, 2.45) is 0 Å². The number of pyridine rings is 1. The molecule has 7 heteroatoms. The third kappa shape index (κ3) is 5.22. The Labute approximate surface area is 122 Å². The molecule has 19 heavy (non-hydrogen) atoms. The van der Waals surface area contributed by atoms with Gasteiger partial charge in [-0.3, -0.25) is 4.84 Å². The molecule has 1 rings (SSSR count). The maximum absolute atomic E-state index is 11.8. The Morgan fingerprint density at radius 1 is 1.42 bits per heavy atom. The Morgan fingerprint density at radius 3 is 2.53 bits per heavy atom. The first kappa shape index (κ1) is 16.0. The van der Waals surface area contributed by atoms with Crippen LogP contribution in [0.5, 0.6) is 0 Å². The number of ether oxygens (including phenoxy) is 1. The molecule has 0 saturated heterocycles. The number of carbonyl (C=O) groups is 1. The molecular weight excluding hydrogens is 291 g/mol. The highest BCUT2D eigenvalue weighted by molar-refractivity contribution is 6.41. The predicted molar refractivity (Wildman–Crippen MR) is 73.0 cm³/mol. The van der Waals surface area contributed by atoms with Gasteiger partial charge in [-0.1, -0.05) is 23.2 Å². The van der Waals surface area contributed by atoms with Gasteiger partial charge in [0.1, 0.15) is 10.8 Å². The Balaban J connectivity index is 2.76. The molecule has 1 aromatic rings. The lowest BCUT2D eigenvalue weighted by atomic mass is 10.2. The van der Waals surface area contributed by atoms with Crippen molar-refractivity contribution in [2.45, 2.75) is 32.9 Å². The summed E-state index contributed by atoms with van der Waals surface area (Å²) in [6, 6.07) is 1.62. The molecular formula is C12H16Cl2N2O3. The van der Waals surface area contributed by atoms with E-state index in [-0.39, 0.29) is 11.7 Å². The summed E-state index contributed by atoms with van der Waals surface area (Å²) in [4.78, 5) is 20.7. The molecule has 0 unspecified atom stereocenters. The zero-order valence-electron chi connectivity index (χ0n) is 11.2. The summed E-state index contributed by atoms with van der Waals surface area (Å²) in [5, 5.41) is 1.61. The van der Waals surface area contributed by atoms with Crippen molar-refractivity contribution < 1.29 is 14.4 Å². The van der Waals surface area contributed by atoms with Crippen LogP contribution < -0.4 is 0 Å². The minimum atomic E-state index is -0.593. The number of nitrogens with zero attached hydrogens (tertiary/aromatic N) is 2. The van der Waals surface area contributed by atoms with Gasteiger partial charge < -0.3 is 4.74 Å². The summed E-state index contributed by atoms with van der Waals surface area (Å²) in [6.07, 6.45) is 0.936. The minimum absolute atomic E-state index is 0.162. The summed E-state index contributed by atoms with van der Waals surface area (Å²) in [7, 11) is 1.38. The van der Waals surface area contributed by atoms with Crippen molar-refractivity contribution >= 4 is 29.3 Å². The SMILES string of the molecule is CON(Cc1cnc(Cl)c(Cl)c1)C(=O)OC(C)(C)C. The molecule has 0 fully saturated rings. The van der Waals surface area contributed by atoms with Gasteiger partial charge in [-0.15, -0.1) is 0 Å². The second kappa shape index (κ2) is 6.41. The third-order valence-electron chi connectivity index (χ3n) is 2.00. The maximum Gasteiger partial charge on any atom is 0.434 e. The van der Waals surface area contributed by atoms with E-state index in [1.165, 1.54) is 13.3 Å². The number of hydrogen-bond donors (Lipinski definition) is 0. The molecule has 106 valence electrons. The average Bonchev–Trinajstić information content (AvgIpc) is 2.28. The van der Waals surface area contributed by atoms with Gasteiger partial charge in [-0.05, 0) is 32.4 Å². The molecule has 0 aliphatic carbocycles. The highest BCUT2D eigenvalue weighted by Crippen LogP contribution is 2.21. The second-order valence-electron chi connectivity index (χ2n) is 4.82. The van der Waals surface area contributed by atoms with Crippen molar-refractivity contribution in [3.05, 3.63) is 28.0 Å². The predicted octanol–water partition coefficient (Wildman–Crippen LogP) is 3.69. The standard InChI is InChI=1S/C12H16Cl2N2O3/c1-12(2,3)19-11(17)16(18-4)7-8-5-9(13)10(14)15-6-8/h5-6H,7H2,1-4H3.